The van der Waals surface area contributed by atoms with Crippen LogP contribution in [-0.2, 0) is 11.3 Å². The number of fused-ring (bicyclic) bond motifs is 1. The van der Waals surface area contributed by atoms with E-state index < -0.39 is 6.10 Å². The van der Waals surface area contributed by atoms with Crippen LogP contribution in [-0.4, -0.2) is 37.7 Å². The second-order valence-electron chi connectivity index (χ2n) is 5.41. The maximum absolute atomic E-state index is 12.5. The molecule has 5 heteroatoms. The van der Waals surface area contributed by atoms with Crippen molar-refractivity contribution in [3.05, 3.63) is 54.1 Å². The van der Waals surface area contributed by atoms with E-state index in [1.165, 1.54) is 0 Å². The molecular weight excluding hydrogens is 294 g/mol. The summed E-state index contributed by atoms with van der Waals surface area (Å²) in [5.74, 6) is 1.97. The fourth-order valence-corrected chi connectivity index (χ4v) is 2.47. The molecule has 23 heavy (non-hydrogen) atoms. The van der Waals surface area contributed by atoms with Gasteiger partial charge in [0.15, 0.2) is 11.5 Å². The molecule has 120 valence electrons. The topological polar surface area (TPSA) is 48.0 Å². The minimum absolute atomic E-state index is 0.102. The minimum Gasteiger partial charge on any atom is -0.497 e. The van der Waals surface area contributed by atoms with Crippen molar-refractivity contribution < 1.29 is 19.0 Å². The highest BCUT2D eigenvalue weighted by Gasteiger charge is 2.29. The zero-order chi connectivity index (χ0) is 16.2. The summed E-state index contributed by atoms with van der Waals surface area (Å²) in [6, 6.07) is 15.0. The van der Waals surface area contributed by atoms with Gasteiger partial charge in [-0.2, -0.15) is 0 Å². The lowest BCUT2D eigenvalue weighted by atomic mass is 10.2. The third-order valence-electron chi connectivity index (χ3n) is 3.74. The number of benzene rings is 2. The van der Waals surface area contributed by atoms with Gasteiger partial charge in [0.05, 0.1) is 7.11 Å². The van der Waals surface area contributed by atoms with Gasteiger partial charge in [-0.1, -0.05) is 24.3 Å². The molecule has 1 aliphatic heterocycles. The van der Waals surface area contributed by atoms with Gasteiger partial charge >= 0.3 is 0 Å². The summed E-state index contributed by atoms with van der Waals surface area (Å²) >= 11 is 0. The largest absolute Gasteiger partial charge is 0.497 e. The smallest absolute Gasteiger partial charge is 0.267 e. The predicted molar refractivity (Wildman–Crippen MR) is 85.8 cm³/mol. The van der Waals surface area contributed by atoms with Gasteiger partial charge in [0, 0.05) is 13.6 Å². The van der Waals surface area contributed by atoms with Crippen molar-refractivity contribution in [3.63, 3.8) is 0 Å². The molecule has 2 aromatic rings. The highest BCUT2D eigenvalue weighted by molar-refractivity contribution is 5.81. The van der Waals surface area contributed by atoms with Crippen LogP contribution in [0.4, 0.5) is 0 Å². The summed E-state index contributed by atoms with van der Waals surface area (Å²) in [5.41, 5.74) is 1.03. The first-order valence-electron chi connectivity index (χ1n) is 7.44. The average molecular weight is 313 g/mol. The summed E-state index contributed by atoms with van der Waals surface area (Å²) in [6.45, 7) is 0.729. The number of amides is 1. The molecule has 3 rings (SSSR count). The molecule has 0 saturated carbocycles. The first-order chi connectivity index (χ1) is 11.2. The Labute approximate surface area is 135 Å². The maximum Gasteiger partial charge on any atom is 0.267 e. The average Bonchev–Trinajstić information content (AvgIpc) is 2.61. The highest BCUT2D eigenvalue weighted by atomic mass is 16.6. The van der Waals surface area contributed by atoms with Gasteiger partial charge in [0.25, 0.3) is 5.91 Å². The molecule has 0 N–H and O–H groups in total. The molecule has 0 spiro atoms. The van der Waals surface area contributed by atoms with Gasteiger partial charge in [0.1, 0.15) is 12.4 Å². The van der Waals surface area contributed by atoms with Gasteiger partial charge in [-0.05, 0) is 29.8 Å². The van der Waals surface area contributed by atoms with E-state index in [1.54, 1.807) is 25.1 Å². The molecule has 1 atom stereocenters. The number of hydrogen-bond donors (Lipinski definition) is 0. The highest BCUT2D eigenvalue weighted by Crippen LogP contribution is 2.31. The Balaban J connectivity index is 1.63. The summed E-state index contributed by atoms with van der Waals surface area (Å²) in [5, 5.41) is 0. The SMILES string of the molecule is COc1ccc(CN(C)C(=O)C2COc3ccccc3O2)cc1. The van der Waals surface area contributed by atoms with Crippen molar-refractivity contribution in [2.24, 2.45) is 0 Å². The van der Waals surface area contributed by atoms with Crippen LogP contribution in [0, 0.1) is 0 Å². The number of carbonyl (C=O) groups excluding carboxylic acids is 1. The molecule has 5 nitrogen and oxygen atoms in total. The van der Waals surface area contributed by atoms with E-state index in [1.807, 2.05) is 42.5 Å². The number of methoxy groups -OCH3 is 1. The number of hydrogen-bond acceptors (Lipinski definition) is 4. The van der Waals surface area contributed by atoms with Crippen molar-refractivity contribution in [1.82, 2.24) is 4.90 Å². The molecule has 0 fully saturated rings. The molecule has 0 bridgehead atoms. The molecule has 2 aromatic carbocycles. The quantitative estimate of drug-likeness (QED) is 0.870. The normalized spacial score (nSPS) is 15.8. The third kappa shape index (κ3) is 3.39. The van der Waals surface area contributed by atoms with Gasteiger partial charge in [-0.15, -0.1) is 0 Å². The van der Waals surface area contributed by atoms with Crippen LogP contribution in [0.1, 0.15) is 5.56 Å². The number of para-hydroxylation sites is 2. The van der Waals surface area contributed by atoms with Crippen molar-refractivity contribution in [2.45, 2.75) is 12.6 Å². The summed E-state index contributed by atoms with van der Waals surface area (Å²) < 4.78 is 16.5. The molecule has 1 amide bonds. The Kier molecular flexibility index (Phi) is 4.37. The second-order valence-corrected chi connectivity index (χ2v) is 5.41. The molecular formula is C18H19NO4. The van der Waals surface area contributed by atoms with E-state index in [4.69, 9.17) is 14.2 Å². The monoisotopic (exact) mass is 313 g/mol. The molecule has 0 aromatic heterocycles. The van der Waals surface area contributed by atoms with E-state index in [0.717, 1.165) is 11.3 Å². The summed E-state index contributed by atoms with van der Waals surface area (Å²) in [7, 11) is 3.39. The van der Waals surface area contributed by atoms with Crippen LogP contribution in [0.3, 0.4) is 0 Å². The van der Waals surface area contributed by atoms with Gasteiger partial charge in [-0.3, -0.25) is 4.79 Å². The fourth-order valence-electron chi connectivity index (χ4n) is 2.47. The van der Waals surface area contributed by atoms with Crippen LogP contribution >= 0.6 is 0 Å². The van der Waals surface area contributed by atoms with Crippen LogP contribution in [0.2, 0.25) is 0 Å². The van der Waals surface area contributed by atoms with Gasteiger partial charge in [-0.25, -0.2) is 0 Å². The molecule has 1 heterocycles. The van der Waals surface area contributed by atoms with Crippen LogP contribution in [0.15, 0.2) is 48.5 Å². The lowest BCUT2D eigenvalue weighted by Crippen LogP contribution is -2.44. The molecule has 0 aliphatic carbocycles. The molecule has 1 unspecified atom stereocenters. The minimum atomic E-state index is -0.617. The molecule has 0 radical (unpaired) electrons. The first-order valence-corrected chi connectivity index (χ1v) is 7.44. The first kappa shape index (κ1) is 15.2. The van der Waals surface area contributed by atoms with Crippen molar-refractivity contribution in [1.29, 1.82) is 0 Å². The third-order valence-corrected chi connectivity index (χ3v) is 3.74. The Morgan fingerprint density at radius 3 is 2.57 bits per heavy atom. The van der Waals surface area contributed by atoms with E-state index in [-0.39, 0.29) is 12.5 Å². The Bertz CT molecular complexity index is 684. The van der Waals surface area contributed by atoms with Crippen LogP contribution < -0.4 is 14.2 Å². The summed E-state index contributed by atoms with van der Waals surface area (Å²) in [4.78, 5) is 14.2. The number of carbonyl (C=O) groups is 1. The van der Waals surface area contributed by atoms with E-state index in [9.17, 15) is 4.79 Å². The number of ether oxygens (including phenoxy) is 3. The Hall–Kier alpha value is -2.69. The van der Waals surface area contributed by atoms with E-state index in [2.05, 4.69) is 0 Å². The van der Waals surface area contributed by atoms with Crippen molar-refractivity contribution >= 4 is 5.91 Å². The van der Waals surface area contributed by atoms with E-state index >= 15 is 0 Å². The second kappa shape index (κ2) is 6.60. The Morgan fingerprint density at radius 2 is 1.87 bits per heavy atom. The molecule has 0 saturated heterocycles. The fraction of sp³-hybridized carbons (Fsp3) is 0.278. The molecule has 1 aliphatic rings. The van der Waals surface area contributed by atoms with E-state index in [0.29, 0.717) is 18.0 Å². The van der Waals surface area contributed by atoms with Crippen LogP contribution in [0.25, 0.3) is 0 Å². The maximum atomic E-state index is 12.5. The lowest BCUT2D eigenvalue weighted by Gasteiger charge is -2.28. The standard InChI is InChI=1S/C18H19NO4/c1-19(11-13-7-9-14(21-2)10-8-13)18(20)17-12-22-15-5-3-4-6-16(15)23-17/h3-10,17H,11-12H2,1-2H3. The zero-order valence-corrected chi connectivity index (χ0v) is 13.2. The predicted octanol–water partition coefficient (Wildman–Crippen LogP) is 2.49. The summed E-state index contributed by atoms with van der Waals surface area (Å²) in [6.07, 6.45) is -0.617. The number of rotatable bonds is 4. The van der Waals surface area contributed by atoms with Crippen molar-refractivity contribution in [2.75, 3.05) is 20.8 Å². The number of nitrogens with zero attached hydrogens (tertiary/aromatic N) is 1. The zero-order valence-electron chi connectivity index (χ0n) is 13.2. The Morgan fingerprint density at radius 1 is 1.17 bits per heavy atom. The number of likely N-dealkylation sites (N-methyl/N-ethyl adjacent to an activating group) is 1. The van der Waals surface area contributed by atoms with Gasteiger partial charge < -0.3 is 19.1 Å². The van der Waals surface area contributed by atoms with Crippen molar-refractivity contribution in [3.8, 4) is 17.2 Å². The van der Waals surface area contributed by atoms with Crippen LogP contribution in [0.5, 0.6) is 17.2 Å². The lowest BCUT2D eigenvalue weighted by molar-refractivity contribution is -0.140. The van der Waals surface area contributed by atoms with Gasteiger partial charge in [0.2, 0.25) is 6.10 Å².